The van der Waals surface area contributed by atoms with Crippen molar-refractivity contribution in [3.05, 3.63) is 42.5 Å². The molecule has 1 saturated heterocycles. The topological polar surface area (TPSA) is 101 Å². The second-order valence-corrected chi connectivity index (χ2v) is 10.4. The molecule has 0 radical (unpaired) electrons. The Morgan fingerprint density at radius 1 is 1.32 bits per heavy atom. The van der Waals surface area contributed by atoms with E-state index in [1.807, 2.05) is 0 Å². The zero-order valence-corrected chi connectivity index (χ0v) is 16.3. The highest BCUT2D eigenvalue weighted by molar-refractivity contribution is 7.91. The van der Waals surface area contributed by atoms with Crippen molar-refractivity contribution in [2.24, 2.45) is 0 Å². The molecule has 156 valence electrons. The Labute approximate surface area is 161 Å². The van der Waals surface area contributed by atoms with Crippen LogP contribution in [0.25, 0.3) is 0 Å². The summed E-state index contributed by atoms with van der Waals surface area (Å²) in [4.78, 5) is 11.2. The Morgan fingerprint density at radius 2 is 1.96 bits per heavy atom. The molecule has 0 saturated carbocycles. The molecule has 2 rings (SSSR count). The van der Waals surface area contributed by atoms with Gasteiger partial charge in [0.15, 0.2) is 9.84 Å². The Bertz CT molecular complexity index is 959. The standard InChI is InChI=1S/C16H19F3N2O5S2/c1-2-8-21(10-15(22)20-12-7-9-27(23,24)11-12)28(25,26)14-6-4-3-5-13(14)16(17,18)19/h2-6,12H,1,7-11H2,(H,20,22)/t12-/m1/s1. The lowest BCUT2D eigenvalue weighted by molar-refractivity contribution is -0.139. The van der Waals surface area contributed by atoms with E-state index in [2.05, 4.69) is 11.9 Å². The second-order valence-electron chi connectivity index (χ2n) is 6.25. The number of benzene rings is 1. The Hall–Kier alpha value is -1.92. The quantitative estimate of drug-likeness (QED) is 0.642. The largest absolute Gasteiger partial charge is 0.417 e. The third kappa shape index (κ3) is 5.32. The van der Waals surface area contributed by atoms with Crippen molar-refractivity contribution in [1.82, 2.24) is 9.62 Å². The van der Waals surface area contributed by atoms with Gasteiger partial charge in [-0.05, 0) is 18.6 Å². The van der Waals surface area contributed by atoms with Crippen molar-refractivity contribution >= 4 is 25.8 Å². The van der Waals surface area contributed by atoms with Gasteiger partial charge in [0.1, 0.15) is 0 Å². The second kappa shape index (κ2) is 8.21. The van der Waals surface area contributed by atoms with Crippen molar-refractivity contribution in [2.75, 3.05) is 24.6 Å². The van der Waals surface area contributed by atoms with Crippen LogP contribution in [-0.2, 0) is 30.8 Å². The molecule has 7 nitrogen and oxygen atoms in total. The monoisotopic (exact) mass is 440 g/mol. The molecule has 1 aliphatic heterocycles. The molecule has 1 aromatic carbocycles. The van der Waals surface area contributed by atoms with E-state index in [-0.39, 0.29) is 17.9 Å². The summed E-state index contributed by atoms with van der Waals surface area (Å²) in [5.41, 5.74) is -1.34. The minimum atomic E-state index is -4.90. The zero-order chi connectivity index (χ0) is 21.2. The zero-order valence-electron chi connectivity index (χ0n) is 14.6. The number of hydrogen-bond acceptors (Lipinski definition) is 5. The molecule has 12 heteroatoms. The van der Waals surface area contributed by atoms with Crippen LogP contribution in [0.15, 0.2) is 41.8 Å². The van der Waals surface area contributed by atoms with Crippen LogP contribution in [0.5, 0.6) is 0 Å². The molecule has 0 spiro atoms. The van der Waals surface area contributed by atoms with E-state index in [1.54, 1.807) is 0 Å². The number of carbonyl (C=O) groups is 1. The van der Waals surface area contributed by atoms with Gasteiger partial charge < -0.3 is 5.32 Å². The summed E-state index contributed by atoms with van der Waals surface area (Å²) in [6.07, 6.45) is -3.57. The van der Waals surface area contributed by atoms with Gasteiger partial charge in [0.2, 0.25) is 15.9 Å². The first-order valence-electron chi connectivity index (χ1n) is 8.14. The number of nitrogens with zero attached hydrogens (tertiary/aromatic N) is 1. The summed E-state index contributed by atoms with van der Waals surface area (Å²) in [6.45, 7) is 2.20. The maximum atomic E-state index is 13.2. The molecular weight excluding hydrogens is 421 g/mol. The van der Waals surface area contributed by atoms with Gasteiger partial charge in [-0.15, -0.1) is 6.58 Å². The van der Waals surface area contributed by atoms with E-state index in [1.165, 1.54) is 0 Å². The third-order valence-corrected chi connectivity index (χ3v) is 7.70. The number of sulfone groups is 1. The van der Waals surface area contributed by atoms with E-state index < -0.39 is 61.5 Å². The predicted octanol–water partition coefficient (Wildman–Crippen LogP) is 1.19. The molecule has 1 aliphatic rings. The average molecular weight is 440 g/mol. The lowest BCUT2D eigenvalue weighted by Crippen LogP contribution is -2.44. The maximum absolute atomic E-state index is 13.2. The Kier molecular flexibility index (Phi) is 6.56. The van der Waals surface area contributed by atoms with Crippen LogP contribution in [-0.4, -0.2) is 57.7 Å². The van der Waals surface area contributed by atoms with Crippen LogP contribution in [0.4, 0.5) is 13.2 Å². The molecule has 1 fully saturated rings. The first kappa shape index (κ1) is 22.4. The smallest absolute Gasteiger partial charge is 0.351 e. The van der Waals surface area contributed by atoms with E-state index in [4.69, 9.17) is 0 Å². The molecule has 28 heavy (non-hydrogen) atoms. The van der Waals surface area contributed by atoms with Gasteiger partial charge in [-0.2, -0.15) is 17.5 Å². The number of hydrogen-bond donors (Lipinski definition) is 1. The fourth-order valence-corrected chi connectivity index (χ4v) is 6.05. The van der Waals surface area contributed by atoms with Crippen molar-refractivity contribution < 1.29 is 34.8 Å². The molecule has 0 aromatic heterocycles. The fourth-order valence-electron chi connectivity index (χ4n) is 2.80. The highest BCUT2D eigenvalue weighted by atomic mass is 32.2. The van der Waals surface area contributed by atoms with Crippen LogP contribution in [0.3, 0.4) is 0 Å². The van der Waals surface area contributed by atoms with Crippen LogP contribution < -0.4 is 5.32 Å². The highest BCUT2D eigenvalue weighted by Gasteiger charge is 2.39. The SMILES string of the molecule is C=CCN(CC(=O)N[C@@H]1CCS(=O)(=O)C1)S(=O)(=O)c1ccccc1C(F)(F)F. The molecule has 1 heterocycles. The van der Waals surface area contributed by atoms with Crippen LogP contribution >= 0.6 is 0 Å². The number of nitrogens with one attached hydrogen (secondary N) is 1. The first-order chi connectivity index (χ1) is 12.9. The van der Waals surface area contributed by atoms with E-state index in [9.17, 15) is 34.8 Å². The molecular formula is C16H19F3N2O5S2. The molecule has 1 N–H and O–H groups in total. The van der Waals surface area contributed by atoms with Crippen LogP contribution in [0, 0.1) is 0 Å². The molecule has 0 aliphatic carbocycles. The number of carbonyl (C=O) groups excluding carboxylic acids is 1. The minimum Gasteiger partial charge on any atom is -0.351 e. The summed E-state index contributed by atoms with van der Waals surface area (Å²) in [7, 11) is -7.93. The van der Waals surface area contributed by atoms with Crippen molar-refractivity contribution in [3.63, 3.8) is 0 Å². The number of sulfonamides is 1. The number of amides is 1. The summed E-state index contributed by atoms with van der Waals surface area (Å²) < 4.78 is 88.6. The molecule has 1 atom stereocenters. The van der Waals surface area contributed by atoms with Crippen LogP contribution in [0.2, 0.25) is 0 Å². The van der Waals surface area contributed by atoms with Gasteiger partial charge in [0.25, 0.3) is 0 Å². The predicted molar refractivity (Wildman–Crippen MR) is 95.6 cm³/mol. The van der Waals surface area contributed by atoms with Crippen molar-refractivity contribution in [3.8, 4) is 0 Å². The summed E-state index contributed by atoms with van der Waals surface area (Å²) in [5, 5.41) is 2.41. The molecule has 0 bridgehead atoms. The van der Waals surface area contributed by atoms with E-state index >= 15 is 0 Å². The van der Waals surface area contributed by atoms with Gasteiger partial charge in [-0.3, -0.25) is 4.79 Å². The highest BCUT2D eigenvalue weighted by Crippen LogP contribution is 2.35. The third-order valence-electron chi connectivity index (χ3n) is 4.06. The minimum absolute atomic E-state index is 0.0917. The van der Waals surface area contributed by atoms with Crippen molar-refractivity contribution in [1.29, 1.82) is 0 Å². The molecule has 1 amide bonds. The average Bonchev–Trinajstić information content (AvgIpc) is 2.92. The lowest BCUT2D eigenvalue weighted by Gasteiger charge is -2.23. The number of rotatable bonds is 7. The van der Waals surface area contributed by atoms with E-state index in [0.29, 0.717) is 10.4 Å². The Balaban J connectivity index is 2.25. The van der Waals surface area contributed by atoms with Crippen LogP contribution in [0.1, 0.15) is 12.0 Å². The summed E-state index contributed by atoms with van der Waals surface area (Å²) >= 11 is 0. The fraction of sp³-hybridized carbons (Fsp3) is 0.438. The van der Waals surface area contributed by atoms with Gasteiger partial charge in [-0.1, -0.05) is 18.2 Å². The van der Waals surface area contributed by atoms with Gasteiger partial charge in [0.05, 0.1) is 28.5 Å². The van der Waals surface area contributed by atoms with Gasteiger partial charge in [0, 0.05) is 12.6 Å². The summed E-state index contributed by atoms with van der Waals surface area (Å²) in [6, 6.07) is 3.01. The summed E-state index contributed by atoms with van der Waals surface area (Å²) in [5.74, 6) is -1.16. The van der Waals surface area contributed by atoms with Gasteiger partial charge in [-0.25, -0.2) is 16.8 Å². The van der Waals surface area contributed by atoms with Crippen molar-refractivity contribution in [2.45, 2.75) is 23.5 Å². The molecule has 0 unspecified atom stereocenters. The molecule has 1 aromatic rings. The van der Waals surface area contributed by atoms with Gasteiger partial charge >= 0.3 is 6.18 Å². The number of alkyl halides is 3. The lowest BCUT2D eigenvalue weighted by atomic mass is 10.2. The Morgan fingerprint density at radius 3 is 2.50 bits per heavy atom. The maximum Gasteiger partial charge on any atom is 0.417 e. The number of halogens is 3. The van der Waals surface area contributed by atoms with E-state index in [0.717, 1.165) is 24.3 Å². The normalized spacial score (nSPS) is 19.5. The first-order valence-corrected chi connectivity index (χ1v) is 11.4.